The van der Waals surface area contributed by atoms with E-state index in [0.29, 0.717) is 35.6 Å². The summed E-state index contributed by atoms with van der Waals surface area (Å²) in [6.07, 6.45) is 9.54. The van der Waals surface area contributed by atoms with E-state index < -0.39 is 23.3 Å². The molecule has 0 radical (unpaired) electrons. The molecule has 4 rings (SSSR count). The number of halogens is 4. The first-order chi connectivity index (χ1) is 17.9. The van der Waals surface area contributed by atoms with Crippen molar-refractivity contribution in [2.24, 2.45) is 5.92 Å². The molecular weight excluding hydrogens is 480 g/mol. The Bertz CT molecular complexity index is 1050. The second-order valence-electron chi connectivity index (χ2n) is 10.5. The molecule has 2 saturated carbocycles. The minimum absolute atomic E-state index is 0.0102. The zero-order valence-electron chi connectivity index (χ0n) is 21.7. The minimum Gasteiger partial charge on any atom is -0.486 e. The first kappa shape index (κ1) is 27.7. The summed E-state index contributed by atoms with van der Waals surface area (Å²) in [6.45, 7) is 6.28. The lowest BCUT2D eigenvalue weighted by Crippen LogP contribution is -2.22. The van der Waals surface area contributed by atoms with Crippen molar-refractivity contribution >= 4 is 0 Å². The van der Waals surface area contributed by atoms with Crippen molar-refractivity contribution in [3.05, 3.63) is 76.9 Å². The van der Waals surface area contributed by atoms with Gasteiger partial charge in [-0.15, -0.1) is 0 Å². The summed E-state index contributed by atoms with van der Waals surface area (Å²) in [5.74, 6) is -2.93. The van der Waals surface area contributed by atoms with E-state index in [0.717, 1.165) is 57.8 Å². The zero-order chi connectivity index (χ0) is 26.4. The van der Waals surface area contributed by atoms with Crippen LogP contribution in [0.15, 0.2) is 36.9 Å². The van der Waals surface area contributed by atoms with Gasteiger partial charge in [0, 0.05) is 6.61 Å². The molecule has 2 nitrogen and oxygen atoms in total. The van der Waals surface area contributed by atoms with Gasteiger partial charge in [0.2, 0.25) is 5.82 Å². The molecule has 6 heteroatoms. The van der Waals surface area contributed by atoms with E-state index in [-0.39, 0.29) is 30.3 Å². The number of aryl methyl sites for hydroxylation is 1. The van der Waals surface area contributed by atoms with Gasteiger partial charge < -0.3 is 9.47 Å². The minimum atomic E-state index is -0.966. The number of benzene rings is 2. The number of rotatable bonds is 10. The largest absolute Gasteiger partial charge is 0.486 e. The maximum Gasteiger partial charge on any atom is 0.200 e. The van der Waals surface area contributed by atoms with Gasteiger partial charge in [-0.3, -0.25) is 0 Å². The molecule has 2 fully saturated rings. The monoisotopic (exact) mass is 518 g/mol. The van der Waals surface area contributed by atoms with Crippen molar-refractivity contribution < 1.29 is 27.0 Å². The lowest BCUT2D eigenvalue weighted by Gasteiger charge is -2.31. The summed E-state index contributed by atoms with van der Waals surface area (Å²) in [5.41, 5.74) is 1.32. The van der Waals surface area contributed by atoms with Gasteiger partial charge in [-0.05, 0) is 112 Å². The summed E-state index contributed by atoms with van der Waals surface area (Å²) in [5, 5.41) is 0. The van der Waals surface area contributed by atoms with Gasteiger partial charge in [-0.1, -0.05) is 30.9 Å². The standard InChI is InChI=1S/C31H38F4O2/c1-3-19-37-27-18-13-23(28(32)31(27)35)10-7-20-5-8-21(9-6-20)25-16-17-26(30(34)29(25)33)22-11-14-24(15-12-22)36-4-2/h3,13,16-18,20-22,24H,1,4-12,14-15,19H2,2H3. The molecule has 0 heterocycles. The fourth-order valence-electron chi connectivity index (χ4n) is 6.13. The van der Waals surface area contributed by atoms with E-state index in [1.807, 2.05) is 6.92 Å². The molecule has 0 bridgehead atoms. The molecule has 0 amide bonds. The maximum atomic E-state index is 15.2. The van der Waals surface area contributed by atoms with Gasteiger partial charge in [-0.2, -0.15) is 4.39 Å². The fraction of sp³-hybridized carbons (Fsp3) is 0.548. The lowest BCUT2D eigenvalue weighted by molar-refractivity contribution is 0.0325. The molecule has 0 atom stereocenters. The Morgan fingerprint density at radius 3 is 1.95 bits per heavy atom. The van der Waals surface area contributed by atoms with E-state index in [2.05, 4.69) is 6.58 Å². The van der Waals surface area contributed by atoms with Crippen LogP contribution in [0.3, 0.4) is 0 Å². The highest BCUT2D eigenvalue weighted by molar-refractivity contribution is 5.33. The Kier molecular flexibility index (Phi) is 9.69. The number of hydrogen-bond donors (Lipinski definition) is 0. The van der Waals surface area contributed by atoms with Gasteiger partial charge in [0.05, 0.1) is 6.10 Å². The van der Waals surface area contributed by atoms with Gasteiger partial charge >= 0.3 is 0 Å². The fourth-order valence-corrected chi connectivity index (χ4v) is 6.13. The molecule has 0 N–H and O–H groups in total. The zero-order valence-corrected chi connectivity index (χ0v) is 21.7. The topological polar surface area (TPSA) is 18.5 Å². The molecule has 202 valence electrons. The van der Waals surface area contributed by atoms with Gasteiger partial charge in [0.15, 0.2) is 23.2 Å². The van der Waals surface area contributed by atoms with E-state index in [4.69, 9.17) is 9.47 Å². The van der Waals surface area contributed by atoms with Crippen molar-refractivity contribution in [3.8, 4) is 5.75 Å². The molecule has 0 unspecified atom stereocenters. The third kappa shape index (κ3) is 6.57. The van der Waals surface area contributed by atoms with E-state index in [9.17, 15) is 8.78 Å². The Hall–Kier alpha value is -2.34. The molecule has 0 aliphatic heterocycles. The smallest absolute Gasteiger partial charge is 0.200 e. The average molecular weight is 519 g/mol. The summed E-state index contributed by atoms with van der Waals surface area (Å²) in [7, 11) is 0. The van der Waals surface area contributed by atoms with Crippen LogP contribution in [0.4, 0.5) is 17.6 Å². The van der Waals surface area contributed by atoms with Crippen LogP contribution in [0, 0.1) is 29.2 Å². The third-order valence-corrected chi connectivity index (χ3v) is 8.25. The van der Waals surface area contributed by atoms with Crippen LogP contribution in [0.5, 0.6) is 5.75 Å². The van der Waals surface area contributed by atoms with Crippen LogP contribution in [0.2, 0.25) is 0 Å². The van der Waals surface area contributed by atoms with Crippen molar-refractivity contribution in [2.75, 3.05) is 13.2 Å². The second kappa shape index (κ2) is 12.9. The highest BCUT2D eigenvalue weighted by Crippen LogP contribution is 2.41. The van der Waals surface area contributed by atoms with Crippen LogP contribution >= 0.6 is 0 Å². The molecule has 2 aliphatic carbocycles. The molecule has 2 aromatic rings. The highest BCUT2D eigenvalue weighted by atomic mass is 19.2. The summed E-state index contributed by atoms with van der Waals surface area (Å²) >= 11 is 0. The predicted octanol–water partition coefficient (Wildman–Crippen LogP) is 8.78. The molecule has 0 aromatic heterocycles. The molecular formula is C31H38F4O2. The van der Waals surface area contributed by atoms with Crippen LogP contribution < -0.4 is 4.74 Å². The van der Waals surface area contributed by atoms with Crippen LogP contribution in [-0.2, 0) is 11.2 Å². The maximum absolute atomic E-state index is 15.2. The summed E-state index contributed by atoms with van der Waals surface area (Å²) in [6, 6.07) is 6.62. The number of hydrogen-bond acceptors (Lipinski definition) is 2. The quantitative estimate of drug-likeness (QED) is 0.231. The Morgan fingerprint density at radius 2 is 1.38 bits per heavy atom. The van der Waals surface area contributed by atoms with Crippen LogP contribution in [0.25, 0.3) is 0 Å². The Morgan fingerprint density at radius 1 is 0.784 bits per heavy atom. The first-order valence-corrected chi connectivity index (χ1v) is 13.7. The molecule has 2 aliphatic rings. The first-order valence-electron chi connectivity index (χ1n) is 13.7. The van der Waals surface area contributed by atoms with Crippen LogP contribution in [-0.4, -0.2) is 19.3 Å². The Balaban J connectivity index is 1.31. The lowest BCUT2D eigenvalue weighted by atomic mass is 9.76. The molecule has 0 saturated heterocycles. The van der Waals surface area contributed by atoms with Crippen molar-refractivity contribution in [2.45, 2.75) is 89.1 Å². The normalized spacial score (nSPS) is 24.1. The third-order valence-electron chi connectivity index (χ3n) is 8.25. The number of ether oxygens (including phenoxy) is 2. The molecule has 37 heavy (non-hydrogen) atoms. The second-order valence-corrected chi connectivity index (χ2v) is 10.5. The molecule has 2 aromatic carbocycles. The van der Waals surface area contributed by atoms with Gasteiger partial charge in [-0.25, -0.2) is 13.2 Å². The van der Waals surface area contributed by atoms with Crippen molar-refractivity contribution in [1.29, 1.82) is 0 Å². The van der Waals surface area contributed by atoms with E-state index in [1.165, 1.54) is 12.1 Å². The average Bonchev–Trinajstić information content (AvgIpc) is 2.92. The molecule has 0 spiro atoms. The summed E-state index contributed by atoms with van der Waals surface area (Å²) in [4.78, 5) is 0. The van der Waals surface area contributed by atoms with Gasteiger partial charge in [0.25, 0.3) is 0 Å². The van der Waals surface area contributed by atoms with E-state index in [1.54, 1.807) is 18.2 Å². The van der Waals surface area contributed by atoms with Crippen molar-refractivity contribution in [1.82, 2.24) is 0 Å². The predicted molar refractivity (Wildman–Crippen MR) is 138 cm³/mol. The summed E-state index contributed by atoms with van der Waals surface area (Å²) < 4.78 is 69.8. The highest BCUT2D eigenvalue weighted by Gasteiger charge is 2.30. The SMILES string of the molecule is C=CCOc1ccc(CCC2CCC(c3ccc(C4CCC(OCC)CC4)c(F)c3F)CC2)c(F)c1F. The van der Waals surface area contributed by atoms with E-state index >= 15 is 8.78 Å². The van der Waals surface area contributed by atoms with Gasteiger partial charge in [0.1, 0.15) is 6.61 Å². The van der Waals surface area contributed by atoms with Crippen LogP contribution in [0.1, 0.15) is 93.2 Å². The Labute approximate surface area is 218 Å². The van der Waals surface area contributed by atoms with Crippen molar-refractivity contribution in [3.63, 3.8) is 0 Å².